The highest BCUT2D eigenvalue weighted by atomic mass is 32.2. The van der Waals surface area contributed by atoms with Crippen LogP contribution >= 0.6 is 0 Å². The lowest BCUT2D eigenvalue weighted by Gasteiger charge is -2.07. The van der Waals surface area contributed by atoms with E-state index in [2.05, 4.69) is 8.37 Å². The molecule has 0 bridgehead atoms. The standard InChI is InChI=1S/C18H22O6S2/c1-15-5-9-17(10-6-15)25(19,20)23-13-3-4-14-24-26(21,22)18-11-7-16(2)8-12-18/h5-12H,3-4,13-14H2,1-2H3/i3D2,4D2,13D2,14D2. The van der Waals surface area contributed by atoms with Gasteiger partial charge in [-0.2, -0.15) is 16.8 Å². The monoisotopic (exact) mass is 406 g/mol. The molecule has 0 aliphatic carbocycles. The van der Waals surface area contributed by atoms with Crippen molar-refractivity contribution in [1.82, 2.24) is 0 Å². The fourth-order valence-corrected chi connectivity index (χ4v) is 3.14. The average Bonchev–Trinajstić information content (AvgIpc) is 2.66. The van der Waals surface area contributed by atoms with Gasteiger partial charge in [-0.25, -0.2) is 0 Å². The first-order valence-corrected chi connectivity index (χ1v) is 10.0. The van der Waals surface area contributed by atoms with Gasteiger partial charge in [-0.1, -0.05) is 35.4 Å². The van der Waals surface area contributed by atoms with E-state index in [1.165, 1.54) is 24.3 Å². The summed E-state index contributed by atoms with van der Waals surface area (Å²) in [5.74, 6) is 0. The van der Waals surface area contributed by atoms with E-state index in [-0.39, 0.29) is 0 Å². The van der Waals surface area contributed by atoms with Crippen LogP contribution in [-0.4, -0.2) is 30.0 Å². The Morgan fingerprint density at radius 3 is 1.31 bits per heavy atom. The minimum atomic E-state index is -4.97. The van der Waals surface area contributed by atoms with Crippen LogP contribution in [0.25, 0.3) is 0 Å². The Labute approximate surface area is 166 Å². The molecule has 2 aromatic rings. The quantitative estimate of drug-likeness (QED) is 0.595. The van der Waals surface area contributed by atoms with Crippen LogP contribution in [0.2, 0.25) is 0 Å². The molecule has 0 radical (unpaired) electrons. The van der Waals surface area contributed by atoms with Gasteiger partial charge in [0.05, 0.1) is 28.4 Å². The van der Waals surface area contributed by atoms with Crippen LogP contribution in [0.4, 0.5) is 0 Å². The molecule has 2 rings (SSSR count). The van der Waals surface area contributed by atoms with E-state index < -0.39 is 55.9 Å². The van der Waals surface area contributed by atoms with Crippen LogP contribution in [0.1, 0.15) is 34.8 Å². The molecule has 142 valence electrons. The molecule has 6 nitrogen and oxygen atoms in total. The fraction of sp³-hybridized carbons (Fsp3) is 0.333. The lowest BCUT2D eigenvalue weighted by Crippen LogP contribution is -2.10. The van der Waals surface area contributed by atoms with Crippen LogP contribution in [-0.2, 0) is 28.6 Å². The van der Waals surface area contributed by atoms with Crippen molar-refractivity contribution in [3.05, 3.63) is 59.7 Å². The molecule has 0 aliphatic rings. The van der Waals surface area contributed by atoms with E-state index in [4.69, 9.17) is 11.0 Å². The first-order chi connectivity index (χ1) is 15.2. The van der Waals surface area contributed by atoms with Crippen LogP contribution in [0, 0.1) is 13.8 Å². The van der Waals surface area contributed by atoms with E-state index in [1.807, 2.05) is 0 Å². The first kappa shape index (κ1) is 11.9. The largest absolute Gasteiger partial charge is 0.296 e. The van der Waals surface area contributed by atoms with Crippen molar-refractivity contribution in [1.29, 1.82) is 0 Å². The van der Waals surface area contributed by atoms with E-state index >= 15 is 0 Å². The summed E-state index contributed by atoms with van der Waals surface area (Å²) in [4.78, 5) is -1.11. The maximum Gasteiger partial charge on any atom is 0.296 e. The summed E-state index contributed by atoms with van der Waals surface area (Å²) in [6.07, 6.45) is -8.16. The molecule has 0 saturated heterocycles. The Kier molecular flexibility index (Phi) is 4.00. The molecule has 0 spiro atoms. The predicted molar refractivity (Wildman–Crippen MR) is 97.9 cm³/mol. The van der Waals surface area contributed by atoms with Gasteiger partial charge in [0, 0.05) is 5.48 Å². The molecule has 0 unspecified atom stereocenters. The van der Waals surface area contributed by atoms with Gasteiger partial charge >= 0.3 is 0 Å². The zero-order valence-corrected chi connectivity index (χ0v) is 15.5. The molecular weight excluding hydrogens is 376 g/mol. The van der Waals surface area contributed by atoms with Crippen LogP contribution < -0.4 is 0 Å². The summed E-state index contributed by atoms with van der Waals surface area (Å²) >= 11 is 0. The molecule has 0 heterocycles. The van der Waals surface area contributed by atoms with Gasteiger partial charge in [-0.05, 0) is 50.9 Å². The molecule has 0 saturated carbocycles. The maximum atomic E-state index is 12.5. The van der Waals surface area contributed by atoms with E-state index in [9.17, 15) is 16.8 Å². The second-order valence-corrected chi connectivity index (χ2v) is 8.25. The molecule has 2 aromatic carbocycles. The maximum absolute atomic E-state index is 12.5. The summed E-state index contributed by atoms with van der Waals surface area (Å²) in [6, 6.07) is 9.68. The van der Waals surface area contributed by atoms with E-state index in [0.717, 1.165) is 24.3 Å². The summed E-state index contributed by atoms with van der Waals surface area (Å²) in [5, 5.41) is 0. The van der Waals surface area contributed by atoms with Crippen LogP contribution in [0.15, 0.2) is 58.3 Å². The van der Waals surface area contributed by atoms with E-state index in [0.29, 0.717) is 11.1 Å². The third kappa shape index (κ3) is 5.91. The average molecular weight is 407 g/mol. The van der Waals surface area contributed by atoms with Crippen molar-refractivity contribution >= 4 is 20.2 Å². The van der Waals surface area contributed by atoms with Gasteiger partial charge in [0.2, 0.25) is 0 Å². The smallest absolute Gasteiger partial charge is 0.266 e. The molecule has 26 heavy (non-hydrogen) atoms. The topological polar surface area (TPSA) is 86.7 Å². The van der Waals surface area contributed by atoms with Gasteiger partial charge in [0.25, 0.3) is 20.2 Å². The zero-order valence-electron chi connectivity index (χ0n) is 21.9. The highest BCUT2D eigenvalue weighted by Gasteiger charge is 2.16. The Balaban J connectivity index is 2.41. The van der Waals surface area contributed by atoms with Crippen molar-refractivity contribution < 1.29 is 36.2 Å². The Hall–Kier alpha value is -1.74. The summed E-state index contributed by atoms with van der Waals surface area (Å²) in [6.45, 7) is -4.69. The second kappa shape index (κ2) is 8.77. The van der Waals surface area contributed by atoms with Crippen LogP contribution in [0.5, 0.6) is 0 Å². The van der Waals surface area contributed by atoms with Crippen molar-refractivity contribution in [2.24, 2.45) is 0 Å². The summed E-state index contributed by atoms with van der Waals surface area (Å²) in [7, 11) is -9.94. The molecule has 0 atom stereocenters. The highest BCUT2D eigenvalue weighted by molar-refractivity contribution is 7.87. The molecule has 0 N–H and O–H groups in total. The van der Waals surface area contributed by atoms with E-state index in [1.54, 1.807) is 13.8 Å². The Bertz CT molecular complexity index is 1140. The fourth-order valence-electron chi connectivity index (χ4n) is 1.71. The molecule has 0 aromatic heterocycles. The van der Waals surface area contributed by atoms with Gasteiger partial charge in [0.1, 0.15) is 0 Å². The highest BCUT2D eigenvalue weighted by Crippen LogP contribution is 2.15. The van der Waals surface area contributed by atoms with Crippen molar-refractivity contribution in [3.63, 3.8) is 0 Å². The third-order valence-corrected chi connectivity index (χ3v) is 5.39. The van der Waals surface area contributed by atoms with Crippen molar-refractivity contribution in [3.8, 4) is 0 Å². The first-order valence-electron chi connectivity index (χ1n) is 11.2. The minimum absolute atomic E-state index is 0.556. The number of hydrogen-bond donors (Lipinski definition) is 0. The Morgan fingerprint density at radius 1 is 0.692 bits per heavy atom. The number of rotatable bonds is 9. The number of benzene rings is 2. The molecule has 0 fully saturated rings. The van der Waals surface area contributed by atoms with Gasteiger partial charge in [0.15, 0.2) is 0 Å². The lowest BCUT2D eigenvalue weighted by atomic mass is 10.2. The summed E-state index contributed by atoms with van der Waals surface area (Å²) < 4.78 is 121. The molecule has 8 heteroatoms. The molecule has 0 amide bonds. The zero-order chi connectivity index (χ0) is 26.4. The van der Waals surface area contributed by atoms with Gasteiger partial charge < -0.3 is 0 Å². The van der Waals surface area contributed by atoms with Crippen molar-refractivity contribution in [2.75, 3.05) is 13.1 Å². The number of hydrogen-bond acceptors (Lipinski definition) is 6. The lowest BCUT2D eigenvalue weighted by molar-refractivity contribution is 0.270. The normalized spacial score (nSPS) is 19.0. The summed E-state index contributed by atoms with van der Waals surface area (Å²) in [5.41, 5.74) is 1.32. The van der Waals surface area contributed by atoms with Gasteiger partial charge in [-0.15, -0.1) is 0 Å². The second-order valence-electron chi connectivity index (χ2n) is 5.16. The minimum Gasteiger partial charge on any atom is -0.266 e. The molecular formula is C18H22O6S2. The predicted octanol–water partition coefficient (Wildman–Crippen LogP) is 3.19. The SMILES string of the molecule is [2H]C([2H])(OS(=O)(=O)c1ccc(C)cc1)C([2H])([2H])C([2H])([2H])C([2H])([2H])OS(=O)(=O)c1ccc(C)cc1. The van der Waals surface area contributed by atoms with Crippen LogP contribution in [0.3, 0.4) is 0 Å². The molecule has 0 aliphatic heterocycles. The number of aryl methyl sites for hydroxylation is 2. The Morgan fingerprint density at radius 2 is 1.00 bits per heavy atom. The van der Waals surface area contributed by atoms with Gasteiger partial charge in [-0.3, -0.25) is 8.37 Å². The third-order valence-electron chi connectivity index (χ3n) is 3.09. The van der Waals surface area contributed by atoms with Crippen molar-refractivity contribution in [2.45, 2.75) is 36.4 Å².